The van der Waals surface area contributed by atoms with Gasteiger partial charge in [-0.15, -0.1) is 0 Å². The van der Waals surface area contributed by atoms with Crippen molar-refractivity contribution in [1.29, 1.82) is 0 Å². The molecule has 0 atom stereocenters. The van der Waals surface area contributed by atoms with Crippen LogP contribution in [0.1, 0.15) is 6.92 Å². The number of allylic oxidation sites excluding steroid dienone is 1. The van der Waals surface area contributed by atoms with Crippen LogP contribution in [0.15, 0.2) is 36.0 Å². The SMILES string of the molecule is C=C/C(C)=N\c1cccnc1N. The van der Waals surface area contributed by atoms with E-state index in [4.69, 9.17) is 5.73 Å². The van der Waals surface area contributed by atoms with Gasteiger partial charge in [0.05, 0.1) is 0 Å². The molecule has 0 aromatic carbocycles. The maximum Gasteiger partial charge on any atom is 0.149 e. The number of nitrogen functional groups attached to an aromatic ring is 1. The van der Waals surface area contributed by atoms with Crippen LogP contribution in [-0.4, -0.2) is 10.7 Å². The molecule has 1 rings (SSSR count). The Labute approximate surface area is 71.7 Å². The highest BCUT2D eigenvalue weighted by atomic mass is 14.9. The molecule has 62 valence electrons. The van der Waals surface area contributed by atoms with Crippen LogP contribution >= 0.6 is 0 Å². The van der Waals surface area contributed by atoms with E-state index in [2.05, 4.69) is 16.6 Å². The van der Waals surface area contributed by atoms with Gasteiger partial charge in [0, 0.05) is 11.9 Å². The Bertz CT molecular complexity index is 315. The highest BCUT2D eigenvalue weighted by Gasteiger charge is 1.94. The van der Waals surface area contributed by atoms with E-state index in [-0.39, 0.29) is 0 Å². The second kappa shape index (κ2) is 3.67. The predicted molar refractivity (Wildman–Crippen MR) is 51.6 cm³/mol. The van der Waals surface area contributed by atoms with Crippen molar-refractivity contribution in [3.05, 3.63) is 31.0 Å². The van der Waals surface area contributed by atoms with Crippen molar-refractivity contribution in [1.82, 2.24) is 4.98 Å². The number of hydrogen-bond acceptors (Lipinski definition) is 3. The molecule has 2 N–H and O–H groups in total. The van der Waals surface area contributed by atoms with Gasteiger partial charge in [-0.3, -0.25) is 0 Å². The molecule has 1 heterocycles. The van der Waals surface area contributed by atoms with E-state index in [1.807, 2.05) is 13.0 Å². The quantitative estimate of drug-likeness (QED) is 0.674. The van der Waals surface area contributed by atoms with Crippen LogP contribution in [0.25, 0.3) is 0 Å². The molecule has 0 unspecified atom stereocenters. The number of rotatable bonds is 2. The third-order valence-electron chi connectivity index (χ3n) is 1.41. The Morgan fingerprint density at radius 1 is 1.75 bits per heavy atom. The maximum atomic E-state index is 5.57. The minimum absolute atomic E-state index is 0.443. The second-order valence-corrected chi connectivity index (χ2v) is 2.37. The van der Waals surface area contributed by atoms with Gasteiger partial charge in [0.2, 0.25) is 0 Å². The van der Waals surface area contributed by atoms with Gasteiger partial charge in [-0.1, -0.05) is 6.58 Å². The van der Waals surface area contributed by atoms with E-state index in [1.165, 1.54) is 0 Å². The van der Waals surface area contributed by atoms with Crippen molar-refractivity contribution in [2.75, 3.05) is 5.73 Å². The number of nitrogens with two attached hydrogens (primary N) is 1. The molecular formula is C9H11N3. The smallest absolute Gasteiger partial charge is 0.149 e. The molecule has 0 saturated heterocycles. The van der Waals surface area contributed by atoms with Crippen LogP contribution < -0.4 is 5.73 Å². The van der Waals surface area contributed by atoms with Crippen molar-refractivity contribution in [2.24, 2.45) is 4.99 Å². The van der Waals surface area contributed by atoms with Gasteiger partial charge in [-0.25, -0.2) is 9.98 Å². The minimum atomic E-state index is 0.443. The number of hydrogen-bond donors (Lipinski definition) is 1. The molecule has 0 saturated carbocycles. The summed E-state index contributed by atoms with van der Waals surface area (Å²) in [5, 5.41) is 0. The zero-order valence-electron chi connectivity index (χ0n) is 6.99. The number of nitrogens with zero attached hydrogens (tertiary/aromatic N) is 2. The van der Waals surface area contributed by atoms with E-state index in [0.717, 1.165) is 5.71 Å². The van der Waals surface area contributed by atoms with E-state index in [0.29, 0.717) is 11.5 Å². The Kier molecular flexibility index (Phi) is 2.58. The molecular weight excluding hydrogens is 150 g/mol. The van der Waals surface area contributed by atoms with Gasteiger partial charge in [0.1, 0.15) is 11.5 Å². The van der Waals surface area contributed by atoms with Crippen molar-refractivity contribution < 1.29 is 0 Å². The summed E-state index contributed by atoms with van der Waals surface area (Å²) in [4.78, 5) is 8.09. The van der Waals surface area contributed by atoms with Crippen molar-refractivity contribution >= 4 is 17.2 Å². The summed E-state index contributed by atoms with van der Waals surface area (Å²) in [6.07, 6.45) is 3.31. The van der Waals surface area contributed by atoms with Gasteiger partial charge in [-0.05, 0) is 25.1 Å². The van der Waals surface area contributed by atoms with Crippen LogP contribution in [0.4, 0.5) is 11.5 Å². The first kappa shape index (κ1) is 8.46. The molecule has 12 heavy (non-hydrogen) atoms. The zero-order valence-corrected chi connectivity index (χ0v) is 6.99. The maximum absolute atomic E-state index is 5.57. The third kappa shape index (κ3) is 1.92. The third-order valence-corrected chi connectivity index (χ3v) is 1.41. The average Bonchev–Trinajstić information content (AvgIpc) is 2.09. The van der Waals surface area contributed by atoms with Crippen LogP contribution in [-0.2, 0) is 0 Å². The highest BCUT2D eigenvalue weighted by molar-refractivity contribution is 5.94. The standard InChI is InChI=1S/C9H11N3/c1-3-7(2)12-8-5-4-6-11-9(8)10/h3-6H,1H2,2H3,(H2,10,11)/b12-7-. The first-order valence-electron chi connectivity index (χ1n) is 3.62. The number of aliphatic imine (C=N–C) groups is 1. The van der Waals surface area contributed by atoms with E-state index >= 15 is 0 Å². The van der Waals surface area contributed by atoms with Gasteiger partial charge in [0.15, 0.2) is 0 Å². The molecule has 0 radical (unpaired) electrons. The molecule has 0 aliphatic rings. The van der Waals surface area contributed by atoms with Crippen molar-refractivity contribution in [3.8, 4) is 0 Å². The Morgan fingerprint density at radius 3 is 3.08 bits per heavy atom. The van der Waals surface area contributed by atoms with Gasteiger partial charge >= 0.3 is 0 Å². The van der Waals surface area contributed by atoms with Gasteiger partial charge in [-0.2, -0.15) is 0 Å². The highest BCUT2D eigenvalue weighted by Crippen LogP contribution is 2.17. The molecule has 0 aliphatic heterocycles. The fourth-order valence-corrected chi connectivity index (χ4v) is 0.739. The van der Waals surface area contributed by atoms with Crippen molar-refractivity contribution in [2.45, 2.75) is 6.92 Å². The molecule has 3 nitrogen and oxygen atoms in total. The summed E-state index contributed by atoms with van der Waals surface area (Å²) in [5.74, 6) is 0.443. The second-order valence-electron chi connectivity index (χ2n) is 2.37. The molecule has 1 aromatic rings. The molecule has 0 spiro atoms. The molecule has 3 heteroatoms. The Hall–Kier alpha value is -1.64. The molecule has 0 fully saturated rings. The zero-order chi connectivity index (χ0) is 8.97. The first-order chi connectivity index (χ1) is 5.74. The summed E-state index contributed by atoms with van der Waals surface area (Å²) < 4.78 is 0. The molecule has 1 aromatic heterocycles. The monoisotopic (exact) mass is 161 g/mol. The topological polar surface area (TPSA) is 51.3 Å². The normalized spacial score (nSPS) is 11.2. The molecule has 0 aliphatic carbocycles. The summed E-state index contributed by atoms with van der Waals surface area (Å²) in [6, 6.07) is 3.61. The Balaban J connectivity index is 3.04. The molecule has 0 bridgehead atoms. The van der Waals surface area contributed by atoms with Crippen LogP contribution in [0.2, 0.25) is 0 Å². The number of aromatic nitrogens is 1. The lowest BCUT2D eigenvalue weighted by atomic mass is 10.3. The van der Waals surface area contributed by atoms with Gasteiger partial charge < -0.3 is 5.73 Å². The van der Waals surface area contributed by atoms with E-state index in [1.54, 1.807) is 18.3 Å². The minimum Gasteiger partial charge on any atom is -0.382 e. The van der Waals surface area contributed by atoms with Crippen LogP contribution in [0, 0.1) is 0 Å². The summed E-state index contributed by atoms with van der Waals surface area (Å²) in [7, 11) is 0. The number of anilines is 1. The Morgan fingerprint density at radius 2 is 2.50 bits per heavy atom. The number of pyridine rings is 1. The first-order valence-corrected chi connectivity index (χ1v) is 3.62. The lowest BCUT2D eigenvalue weighted by Gasteiger charge is -1.97. The fraction of sp³-hybridized carbons (Fsp3) is 0.111. The summed E-state index contributed by atoms with van der Waals surface area (Å²) in [6.45, 7) is 5.45. The lowest BCUT2D eigenvalue weighted by Crippen LogP contribution is -1.90. The van der Waals surface area contributed by atoms with Crippen LogP contribution in [0.5, 0.6) is 0 Å². The molecule has 0 amide bonds. The fourth-order valence-electron chi connectivity index (χ4n) is 0.739. The lowest BCUT2D eigenvalue weighted by molar-refractivity contribution is 1.31. The summed E-state index contributed by atoms with van der Waals surface area (Å²) in [5.41, 5.74) is 7.09. The predicted octanol–water partition coefficient (Wildman–Crippen LogP) is 1.94. The van der Waals surface area contributed by atoms with Crippen LogP contribution in [0.3, 0.4) is 0 Å². The van der Waals surface area contributed by atoms with Crippen molar-refractivity contribution in [3.63, 3.8) is 0 Å². The van der Waals surface area contributed by atoms with E-state index < -0.39 is 0 Å². The van der Waals surface area contributed by atoms with E-state index in [9.17, 15) is 0 Å². The average molecular weight is 161 g/mol. The summed E-state index contributed by atoms with van der Waals surface area (Å²) >= 11 is 0. The van der Waals surface area contributed by atoms with Gasteiger partial charge in [0.25, 0.3) is 0 Å². The largest absolute Gasteiger partial charge is 0.382 e.